The average Bonchev–Trinajstić information content (AvgIpc) is 3.18. The number of amides is 1. The van der Waals surface area contributed by atoms with Crippen molar-refractivity contribution in [2.24, 2.45) is 23.7 Å². The van der Waals surface area contributed by atoms with E-state index in [1.807, 2.05) is 13.0 Å². The van der Waals surface area contributed by atoms with Crippen molar-refractivity contribution >= 4 is 39.5 Å². The van der Waals surface area contributed by atoms with Crippen molar-refractivity contribution in [2.75, 3.05) is 37.8 Å². The molecule has 2 bridgehead atoms. The van der Waals surface area contributed by atoms with E-state index in [0.29, 0.717) is 49.1 Å². The van der Waals surface area contributed by atoms with Crippen LogP contribution in [0.15, 0.2) is 36.4 Å². The number of halogens is 1. The molecule has 1 unspecified atom stereocenters. The molecule has 2 aliphatic heterocycles. The van der Waals surface area contributed by atoms with E-state index in [1.165, 1.54) is 11.1 Å². The lowest BCUT2D eigenvalue weighted by Crippen LogP contribution is -2.49. The molecule has 258 valence electrons. The predicted octanol–water partition coefficient (Wildman–Crippen LogP) is 5.28. The number of anilines is 1. The lowest BCUT2D eigenvalue weighted by atomic mass is 9.65. The van der Waals surface area contributed by atoms with Crippen molar-refractivity contribution in [1.29, 1.82) is 0 Å². The molecular weight excluding hydrogens is 640 g/mol. The first kappa shape index (κ1) is 35.6. The van der Waals surface area contributed by atoms with E-state index in [9.17, 15) is 18.0 Å². The third-order valence-corrected chi connectivity index (χ3v) is 13.1. The molecule has 3 N–H and O–H groups in total. The zero-order chi connectivity index (χ0) is 33.8. The second-order valence-corrected chi connectivity index (χ2v) is 16.5. The molecule has 1 saturated carbocycles. The molecule has 1 fully saturated rings. The number of nitrogens with one attached hydrogen (secondary N) is 1. The Hall–Kier alpha value is -2.66. The van der Waals surface area contributed by atoms with Crippen LogP contribution >= 0.6 is 11.6 Å². The molecule has 0 aromatic heterocycles. The maximum atomic E-state index is 13.3. The number of rotatable bonds is 3. The van der Waals surface area contributed by atoms with E-state index in [-0.39, 0.29) is 30.5 Å². The summed E-state index contributed by atoms with van der Waals surface area (Å²) < 4.78 is 35.3. The van der Waals surface area contributed by atoms with Crippen LogP contribution in [0.5, 0.6) is 5.75 Å². The smallest absolute Gasteiger partial charge is 0.264 e. The molecule has 1 amide bonds. The molecule has 2 aromatic carbocycles. The van der Waals surface area contributed by atoms with Crippen LogP contribution in [0.4, 0.5) is 5.69 Å². The normalized spacial score (nSPS) is 30.2. The summed E-state index contributed by atoms with van der Waals surface area (Å²) in [4.78, 5) is 28.0. The molecule has 47 heavy (non-hydrogen) atoms. The van der Waals surface area contributed by atoms with E-state index in [4.69, 9.17) is 26.6 Å². The van der Waals surface area contributed by atoms with Gasteiger partial charge < -0.3 is 24.6 Å². The fourth-order valence-corrected chi connectivity index (χ4v) is 9.38. The minimum atomic E-state index is -3.89. The summed E-state index contributed by atoms with van der Waals surface area (Å²) in [5.41, 5.74) is 3.37. The summed E-state index contributed by atoms with van der Waals surface area (Å²) >= 11 is 6.39. The molecule has 6 rings (SSSR count). The number of aliphatic hydroxyl groups excluding tert-OH is 2. The van der Waals surface area contributed by atoms with Gasteiger partial charge in [0, 0.05) is 48.2 Å². The topological polar surface area (TPSA) is 133 Å². The van der Waals surface area contributed by atoms with Gasteiger partial charge in [0.25, 0.3) is 5.91 Å². The zero-order valence-corrected chi connectivity index (χ0v) is 29.1. The molecule has 6 atom stereocenters. The number of fused-ring (bicyclic) bond motifs is 4. The quantitative estimate of drug-likeness (QED) is 0.371. The van der Waals surface area contributed by atoms with Crippen LogP contribution in [0.25, 0.3) is 0 Å². The number of carbonyl (C=O) groups excluding carboxylic acids is 2. The highest BCUT2D eigenvalue weighted by Gasteiger charge is 2.44. The predicted molar refractivity (Wildman–Crippen MR) is 184 cm³/mol. The largest absolute Gasteiger partial charge is 0.490 e. The van der Waals surface area contributed by atoms with Crippen LogP contribution in [0.2, 0.25) is 5.02 Å². The zero-order valence-electron chi connectivity index (χ0n) is 27.5. The number of aliphatic hydroxyl groups is 2. The van der Waals surface area contributed by atoms with Gasteiger partial charge in [0.1, 0.15) is 12.0 Å². The standard InChI is InChI=1S/C33H41ClN2O5S.C3H8O2/c1-21-5-3-6-26(18-37)28-11-8-25(28)17-36-19-33(14-4-7-23-15-27(34)10-12-29(23)33)20-41-31-13-9-24(16-30(31)36)32(38)35-42(39,40)22(21)2;4-2-1-3-5/h9-10,12-13,15-16,18,21-22,25-26,28H,3-8,11,14,17,19-20H2,1-2H3,(H,35,38);4-5H,1-3H2/t21-,22+,25-,26?,28+,33-;/m0./s1. The summed E-state index contributed by atoms with van der Waals surface area (Å²) in [7, 11) is -3.89. The Morgan fingerprint density at radius 3 is 2.53 bits per heavy atom. The SMILES string of the molecule is C[C@@H]1[C@@H](C)CCCC(C=O)[C@@H]2CC[C@H]2CN2C[C@@]3(CCCc4cc(Cl)ccc43)COc3ccc(cc32)C(=O)NS1(=O)=O.OCCCO. The van der Waals surface area contributed by atoms with Crippen molar-refractivity contribution < 1.29 is 33.0 Å². The molecular formula is C36H49ClN2O7S. The third-order valence-electron chi connectivity index (χ3n) is 11.0. The van der Waals surface area contributed by atoms with Crippen molar-refractivity contribution in [3.8, 4) is 5.75 Å². The van der Waals surface area contributed by atoms with E-state index in [2.05, 4.69) is 21.8 Å². The number of aryl methyl sites for hydroxylation is 1. The minimum Gasteiger partial charge on any atom is -0.490 e. The van der Waals surface area contributed by atoms with Gasteiger partial charge in [-0.15, -0.1) is 0 Å². The van der Waals surface area contributed by atoms with Crippen LogP contribution in [-0.4, -0.2) is 69.0 Å². The molecule has 2 aromatic rings. The lowest BCUT2D eigenvalue weighted by molar-refractivity contribution is -0.115. The fraction of sp³-hybridized carbons (Fsp3) is 0.611. The third kappa shape index (κ3) is 7.82. The molecule has 11 heteroatoms. The van der Waals surface area contributed by atoms with E-state index >= 15 is 0 Å². The van der Waals surface area contributed by atoms with Crippen molar-refractivity contribution in [3.05, 3.63) is 58.1 Å². The number of aldehydes is 1. The Morgan fingerprint density at radius 1 is 1.06 bits per heavy atom. The second-order valence-electron chi connectivity index (χ2n) is 14.0. The van der Waals surface area contributed by atoms with Gasteiger partial charge in [-0.25, -0.2) is 13.1 Å². The van der Waals surface area contributed by atoms with E-state index in [1.54, 1.807) is 25.1 Å². The molecule has 2 aliphatic carbocycles. The van der Waals surface area contributed by atoms with Gasteiger partial charge >= 0.3 is 0 Å². The van der Waals surface area contributed by atoms with Gasteiger partial charge in [0.05, 0.1) is 17.5 Å². The number of ether oxygens (including phenoxy) is 1. The summed E-state index contributed by atoms with van der Waals surface area (Å²) in [6, 6.07) is 11.4. The second kappa shape index (κ2) is 15.3. The maximum Gasteiger partial charge on any atom is 0.264 e. The number of nitrogens with zero attached hydrogens (tertiary/aromatic N) is 1. The van der Waals surface area contributed by atoms with Crippen LogP contribution in [-0.2, 0) is 26.7 Å². The molecule has 4 aliphatic rings. The summed E-state index contributed by atoms with van der Waals surface area (Å²) in [5, 5.41) is 15.8. The fourth-order valence-electron chi connectivity index (χ4n) is 7.87. The van der Waals surface area contributed by atoms with Crippen LogP contribution < -0.4 is 14.4 Å². The molecule has 1 spiro atoms. The van der Waals surface area contributed by atoms with Crippen LogP contribution in [0.1, 0.15) is 86.7 Å². The van der Waals surface area contributed by atoms with Gasteiger partial charge in [0.15, 0.2) is 0 Å². The highest BCUT2D eigenvalue weighted by Crippen LogP contribution is 2.47. The first-order chi connectivity index (χ1) is 22.5. The molecule has 0 saturated heterocycles. The molecule has 0 radical (unpaired) electrons. The number of sulfonamides is 1. The number of hydrogen-bond acceptors (Lipinski definition) is 8. The Labute approximate surface area is 284 Å². The van der Waals surface area contributed by atoms with E-state index in [0.717, 1.165) is 68.5 Å². The van der Waals surface area contributed by atoms with Crippen molar-refractivity contribution in [2.45, 2.75) is 82.3 Å². The first-order valence-electron chi connectivity index (χ1n) is 17.1. The number of hydrogen-bond donors (Lipinski definition) is 3. The van der Waals surface area contributed by atoms with E-state index < -0.39 is 21.2 Å². The van der Waals surface area contributed by atoms with Crippen LogP contribution in [0, 0.1) is 23.7 Å². The minimum absolute atomic E-state index is 0.0315. The van der Waals surface area contributed by atoms with Crippen LogP contribution in [0.3, 0.4) is 0 Å². The Morgan fingerprint density at radius 2 is 1.85 bits per heavy atom. The average molecular weight is 689 g/mol. The summed E-state index contributed by atoms with van der Waals surface area (Å²) in [6.45, 7) is 5.72. The highest BCUT2D eigenvalue weighted by molar-refractivity contribution is 7.90. The number of benzene rings is 2. The molecule has 9 nitrogen and oxygen atoms in total. The van der Waals surface area contributed by atoms with Gasteiger partial charge in [-0.2, -0.15) is 0 Å². The monoisotopic (exact) mass is 688 g/mol. The van der Waals surface area contributed by atoms with Gasteiger partial charge in [0.2, 0.25) is 10.0 Å². The number of carbonyl (C=O) groups is 2. The van der Waals surface area contributed by atoms with Gasteiger partial charge in [-0.05, 0) is 118 Å². The maximum absolute atomic E-state index is 13.3. The van der Waals surface area contributed by atoms with Crippen molar-refractivity contribution in [3.63, 3.8) is 0 Å². The van der Waals surface area contributed by atoms with Gasteiger partial charge in [-0.1, -0.05) is 31.0 Å². The Bertz CT molecular complexity index is 1530. The van der Waals surface area contributed by atoms with Gasteiger partial charge in [-0.3, -0.25) is 4.79 Å². The first-order valence-corrected chi connectivity index (χ1v) is 19.0. The Kier molecular flexibility index (Phi) is 11.6. The van der Waals surface area contributed by atoms with Crippen molar-refractivity contribution in [1.82, 2.24) is 4.72 Å². The Balaban J connectivity index is 0.000000807. The highest BCUT2D eigenvalue weighted by atomic mass is 35.5. The lowest BCUT2D eigenvalue weighted by Gasteiger charge is -2.46. The molecule has 2 heterocycles. The summed E-state index contributed by atoms with van der Waals surface area (Å²) in [6.07, 6.45) is 8.93. The summed E-state index contributed by atoms with van der Waals surface area (Å²) in [5.74, 6) is 0.559.